The number of hydrogen-bond donors (Lipinski definition) is 2. The predicted molar refractivity (Wildman–Crippen MR) is 82.5 cm³/mol. The molecule has 0 bridgehead atoms. The summed E-state index contributed by atoms with van der Waals surface area (Å²) in [6.07, 6.45) is 3.60. The highest BCUT2D eigenvalue weighted by molar-refractivity contribution is 5.00. The fourth-order valence-corrected chi connectivity index (χ4v) is 4.02. The van der Waals surface area contributed by atoms with Crippen LogP contribution in [-0.4, -0.2) is 45.4 Å². The first-order valence-corrected chi connectivity index (χ1v) is 8.66. The highest BCUT2D eigenvalue weighted by atomic mass is 19.1. The summed E-state index contributed by atoms with van der Waals surface area (Å²) in [7, 11) is 0. The van der Waals surface area contributed by atoms with Gasteiger partial charge < -0.3 is 19.3 Å². The second kappa shape index (κ2) is 6.31. The van der Waals surface area contributed by atoms with Crippen molar-refractivity contribution in [1.82, 2.24) is 9.55 Å². The van der Waals surface area contributed by atoms with Gasteiger partial charge in [-0.15, -0.1) is 0 Å². The molecule has 8 nitrogen and oxygen atoms in total. The lowest BCUT2D eigenvalue weighted by Gasteiger charge is -2.30. The summed E-state index contributed by atoms with van der Waals surface area (Å²) in [6.45, 7) is -0.308. The van der Waals surface area contributed by atoms with E-state index in [-0.39, 0.29) is 6.61 Å². The number of halogens is 1. The van der Waals surface area contributed by atoms with E-state index in [2.05, 4.69) is 0 Å². The Morgan fingerprint density at radius 3 is 2.56 bits per heavy atom. The molecule has 4 rings (SSSR count). The van der Waals surface area contributed by atoms with E-state index in [1.807, 2.05) is 4.98 Å². The summed E-state index contributed by atoms with van der Waals surface area (Å²) in [5.74, 6) is -1.83. The quantitative estimate of drug-likeness (QED) is 0.795. The van der Waals surface area contributed by atoms with Crippen LogP contribution in [0.15, 0.2) is 15.8 Å². The van der Waals surface area contributed by atoms with Crippen molar-refractivity contribution in [3.05, 3.63) is 32.9 Å². The zero-order valence-corrected chi connectivity index (χ0v) is 13.7. The average molecular weight is 356 g/mol. The van der Waals surface area contributed by atoms with Gasteiger partial charge in [0.25, 0.3) is 5.56 Å². The number of aliphatic hydroxyl groups excluding tert-OH is 1. The van der Waals surface area contributed by atoms with Crippen LogP contribution in [-0.2, 0) is 14.2 Å². The van der Waals surface area contributed by atoms with Crippen LogP contribution < -0.4 is 11.2 Å². The Balaban J connectivity index is 1.68. The number of nitrogens with one attached hydrogen (secondary N) is 1. The van der Waals surface area contributed by atoms with Gasteiger partial charge in [-0.25, -0.2) is 4.79 Å². The molecule has 0 radical (unpaired) electrons. The Labute approximate surface area is 142 Å². The molecule has 3 aliphatic rings. The zero-order chi connectivity index (χ0) is 17.6. The summed E-state index contributed by atoms with van der Waals surface area (Å²) in [5, 5.41) is 9.61. The first-order valence-electron chi connectivity index (χ1n) is 8.66. The van der Waals surface area contributed by atoms with E-state index >= 15 is 0 Å². The molecule has 4 atom stereocenters. The van der Waals surface area contributed by atoms with Crippen molar-refractivity contribution in [2.45, 2.75) is 68.9 Å². The van der Waals surface area contributed by atoms with E-state index in [9.17, 15) is 19.1 Å². The second-order valence-electron chi connectivity index (χ2n) is 6.88. The minimum Gasteiger partial charge on any atom is -0.394 e. The molecular weight excluding hydrogens is 335 g/mol. The molecule has 25 heavy (non-hydrogen) atoms. The van der Waals surface area contributed by atoms with Crippen LogP contribution in [0.3, 0.4) is 0 Å². The number of aromatic amines is 1. The lowest BCUT2D eigenvalue weighted by Crippen LogP contribution is -2.39. The Morgan fingerprint density at radius 2 is 1.88 bits per heavy atom. The zero-order valence-electron chi connectivity index (χ0n) is 13.7. The van der Waals surface area contributed by atoms with Crippen molar-refractivity contribution < 1.29 is 23.7 Å². The van der Waals surface area contributed by atoms with Crippen LogP contribution in [0.4, 0.5) is 4.39 Å². The summed E-state index contributed by atoms with van der Waals surface area (Å²) in [5.41, 5.74) is -1.88. The maximum absolute atomic E-state index is 13.7. The maximum Gasteiger partial charge on any atom is 0.330 e. The molecule has 1 aliphatic carbocycles. The van der Waals surface area contributed by atoms with Gasteiger partial charge in [0.2, 0.25) is 5.82 Å². The first-order chi connectivity index (χ1) is 12.0. The molecule has 9 heteroatoms. The molecule has 1 spiro atoms. The number of nitrogens with zero attached hydrogens (tertiary/aromatic N) is 1. The fourth-order valence-electron chi connectivity index (χ4n) is 4.02. The van der Waals surface area contributed by atoms with Gasteiger partial charge >= 0.3 is 5.69 Å². The van der Waals surface area contributed by atoms with Gasteiger partial charge in [-0.2, -0.15) is 4.39 Å². The topological polar surface area (TPSA) is 103 Å². The maximum atomic E-state index is 13.7. The molecule has 2 N–H and O–H groups in total. The summed E-state index contributed by atoms with van der Waals surface area (Å²) in [4.78, 5) is 25.3. The number of hydrogen-bond acceptors (Lipinski definition) is 6. The third-order valence-electron chi connectivity index (χ3n) is 5.23. The molecule has 0 aromatic carbocycles. The van der Waals surface area contributed by atoms with Gasteiger partial charge in [0.15, 0.2) is 12.0 Å². The smallest absolute Gasteiger partial charge is 0.330 e. The lowest BCUT2D eigenvalue weighted by molar-refractivity contribution is -0.226. The predicted octanol–water partition coefficient (Wildman–Crippen LogP) is 0.400. The van der Waals surface area contributed by atoms with Crippen molar-refractivity contribution in [3.63, 3.8) is 0 Å². The van der Waals surface area contributed by atoms with E-state index < -0.39 is 47.4 Å². The van der Waals surface area contributed by atoms with Gasteiger partial charge in [-0.1, -0.05) is 12.8 Å². The number of H-pyrrole nitrogens is 1. The van der Waals surface area contributed by atoms with E-state index in [4.69, 9.17) is 14.2 Å². The molecule has 1 aromatic heterocycles. The van der Waals surface area contributed by atoms with Gasteiger partial charge in [-0.05, 0) is 12.8 Å². The molecular formula is C16H21FN2O6. The first kappa shape index (κ1) is 16.9. The third-order valence-corrected chi connectivity index (χ3v) is 5.23. The van der Waals surface area contributed by atoms with Gasteiger partial charge in [0, 0.05) is 12.8 Å². The van der Waals surface area contributed by atoms with Crippen LogP contribution in [0.1, 0.15) is 44.8 Å². The van der Waals surface area contributed by atoms with Crippen molar-refractivity contribution in [2.75, 3.05) is 6.61 Å². The molecule has 138 valence electrons. The van der Waals surface area contributed by atoms with Gasteiger partial charge in [0.1, 0.15) is 18.3 Å². The van der Waals surface area contributed by atoms with E-state index in [0.717, 1.165) is 49.3 Å². The average Bonchev–Trinajstić information content (AvgIpc) is 2.99. The highest BCUT2D eigenvalue weighted by Gasteiger charge is 2.58. The minimum atomic E-state index is -1.09. The summed E-state index contributed by atoms with van der Waals surface area (Å²) >= 11 is 0. The van der Waals surface area contributed by atoms with E-state index in [0.29, 0.717) is 0 Å². The van der Waals surface area contributed by atoms with Crippen LogP contribution in [0.25, 0.3) is 0 Å². The molecule has 3 fully saturated rings. The van der Waals surface area contributed by atoms with Crippen LogP contribution in [0.5, 0.6) is 0 Å². The van der Waals surface area contributed by atoms with Crippen molar-refractivity contribution in [3.8, 4) is 0 Å². The Hall–Kier alpha value is -1.55. The monoisotopic (exact) mass is 356 g/mol. The summed E-state index contributed by atoms with van der Waals surface area (Å²) < 4.78 is 32.6. The van der Waals surface area contributed by atoms with E-state index in [1.54, 1.807) is 0 Å². The van der Waals surface area contributed by atoms with Gasteiger partial charge in [-0.3, -0.25) is 14.3 Å². The van der Waals surface area contributed by atoms with Crippen molar-refractivity contribution >= 4 is 0 Å². The molecule has 0 unspecified atom stereocenters. The summed E-state index contributed by atoms with van der Waals surface area (Å²) in [6, 6.07) is 0. The number of aromatic nitrogens is 2. The molecule has 1 saturated carbocycles. The fraction of sp³-hybridized carbons (Fsp3) is 0.750. The number of ether oxygens (including phenoxy) is 3. The third kappa shape index (κ3) is 2.84. The number of rotatable bonds is 2. The Kier molecular flexibility index (Phi) is 4.27. The SMILES string of the molecule is O=c1[nH]c(=O)n([C@@H]2O[C@H](CO)[C@H]3OC4(CCCCCC4)O[C@H]32)cc1F. The highest BCUT2D eigenvalue weighted by Crippen LogP contribution is 2.47. The largest absolute Gasteiger partial charge is 0.394 e. The minimum absolute atomic E-state index is 0.308. The van der Waals surface area contributed by atoms with Crippen LogP contribution >= 0.6 is 0 Å². The normalized spacial score (nSPS) is 34.2. The van der Waals surface area contributed by atoms with Gasteiger partial charge in [0.05, 0.1) is 12.8 Å². The second-order valence-corrected chi connectivity index (χ2v) is 6.88. The molecule has 2 aliphatic heterocycles. The standard InChI is InChI=1S/C16H21FN2O6/c17-9-7-19(15(22)18-13(9)21)14-12-11(10(8-20)23-14)24-16(25-12)5-3-1-2-4-6-16/h7,10-12,14,20H,1-6,8H2,(H,18,21,22)/t10-,11-,12-,14-/m1/s1. The van der Waals surface area contributed by atoms with Crippen molar-refractivity contribution in [1.29, 1.82) is 0 Å². The molecule has 3 heterocycles. The van der Waals surface area contributed by atoms with Crippen LogP contribution in [0, 0.1) is 5.82 Å². The lowest BCUT2D eigenvalue weighted by atomic mass is 10.1. The Morgan fingerprint density at radius 1 is 1.20 bits per heavy atom. The molecule has 0 amide bonds. The van der Waals surface area contributed by atoms with E-state index in [1.165, 1.54) is 0 Å². The molecule has 1 aromatic rings. The molecule has 2 saturated heterocycles. The number of fused-ring (bicyclic) bond motifs is 1. The van der Waals surface area contributed by atoms with Crippen LogP contribution in [0.2, 0.25) is 0 Å². The van der Waals surface area contributed by atoms with Crippen molar-refractivity contribution in [2.24, 2.45) is 0 Å². The Bertz CT molecular complexity index is 754. The number of aliphatic hydroxyl groups is 1.